The standard InChI is InChI=1S/C21H23ClN2O3/c1-26-19-8-6-16(20(15-19)27-2)7-9-21(25)24-12-10-23(11-13-24)18-5-3-4-17(22)14-18/h3-9,14-15H,10-13H2,1-2H3/b9-7+. The lowest BCUT2D eigenvalue weighted by Gasteiger charge is -2.35. The van der Waals surface area contributed by atoms with Crippen molar-refractivity contribution in [2.75, 3.05) is 45.3 Å². The number of nitrogens with zero attached hydrogens (tertiary/aromatic N) is 2. The summed E-state index contributed by atoms with van der Waals surface area (Å²) in [4.78, 5) is 16.6. The minimum atomic E-state index is -0.00128. The fourth-order valence-corrected chi connectivity index (χ4v) is 3.26. The number of hydrogen-bond donors (Lipinski definition) is 0. The van der Waals surface area contributed by atoms with E-state index in [4.69, 9.17) is 21.1 Å². The second kappa shape index (κ2) is 8.82. The van der Waals surface area contributed by atoms with Crippen LogP contribution < -0.4 is 14.4 Å². The first kappa shape index (κ1) is 19.1. The molecule has 0 unspecified atom stereocenters. The summed E-state index contributed by atoms with van der Waals surface area (Å²) in [5.41, 5.74) is 1.93. The Morgan fingerprint density at radius 1 is 1.04 bits per heavy atom. The molecule has 0 aromatic heterocycles. The summed E-state index contributed by atoms with van der Waals surface area (Å²) in [6.45, 7) is 2.92. The van der Waals surface area contributed by atoms with Gasteiger partial charge in [-0.25, -0.2) is 0 Å². The molecule has 0 spiro atoms. The molecular formula is C21H23ClN2O3. The maximum absolute atomic E-state index is 12.5. The highest BCUT2D eigenvalue weighted by atomic mass is 35.5. The number of halogens is 1. The van der Waals surface area contributed by atoms with Gasteiger partial charge in [-0.2, -0.15) is 0 Å². The highest BCUT2D eigenvalue weighted by Gasteiger charge is 2.20. The predicted molar refractivity (Wildman–Crippen MR) is 109 cm³/mol. The Labute approximate surface area is 164 Å². The Hall–Kier alpha value is -2.66. The maximum atomic E-state index is 12.5. The Morgan fingerprint density at radius 3 is 2.48 bits per heavy atom. The molecule has 1 aliphatic rings. The average Bonchev–Trinajstić information content (AvgIpc) is 2.72. The summed E-state index contributed by atoms with van der Waals surface area (Å²) in [5.74, 6) is 1.38. The van der Waals surface area contributed by atoms with Gasteiger partial charge in [0.25, 0.3) is 0 Å². The molecule has 0 saturated carbocycles. The van der Waals surface area contributed by atoms with Gasteiger partial charge in [-0.3, -0.25) is 4.79 Å². The molecule has 0 atom stereocenters. The van der Waals surface area contributed by atoms with E-state index in [1.165, 1.54) is 0 Å². The van der Waals surface area contributed by atoms with E-state index in [-0.39, 0.29) is 5.91 Å². The van der Waals surface area contributed by atoms with Crippen LogP contribution in [-0.4, -0.2) is 51.2 Å². The van der Waals surface area contributed by atoms with Crippen LogP contribution in [0.15, 0.2) is 48.5 Å². The molecule has 142 valence electrons. The topological polar surface area (TPSA) is 42.0 Å². The summed E-state index contributed by atoms with van der Waals surface area (Å²) < 4.78 is 10.6. The van der Waals surface area contributed by atoms with Gasteiger partial charge < -0.3 is 19.3 Å². The molecule has 0 N–H and O–H groups in total. The SMILES string of the molecule is COc1ccc(/C=C/C(=O)N2CCN(c3cccc(Cl)c3)CC2)c(OC)c1. The van der Waals surface area contributed by atoms with Crippen LogP contribution in [0.25, 0.3) is 6.08 Å². The number of benzene rings is 2. The molecular weight excluding hydrogens is 364 g/mol. The number of anilines is 1. The Kier molecular flexibility index (Phi) is 6.24. The van der Waals surface area contributed by atoms with Crippen LogP contribution in [0.1, 0.15) is 5.56 Å². The van der Waals surface area contributed by atoms with Crippen LogP contribution in [0, 0.1) is 0 Å². The van der Waals surface area contributed by atoms with Crippen molar-refractivity contribution in [1.82, 2.24) is 4.90 Å². The lowest BCUT2D eigenvalue weighted by atomic mass is 10.1. The molecule has 27 heavy (non-hydrogen) atoms. The van der Waals surface area contributed by atoms with E-state index in [2.05, 4.69) is 4.90 Å². The average molecular weight is 387 g/mol. The van der Waals surface area contributed by atoms with E-state index >= 15 is 0 Å². The van der Waals surface area contributed by atoms with Gasteiger partial charge in [0.2, 0.25) is 5.91 Å². The van der Waals surface area contributed by atoms with Crippen molar-refractivity contribution in [2.45, 2.75) is 0 Å². The molecule has 0 radical (unpaired) electrons. The number of rotatable bonds is 5. The van der Waals surface area contributed by atoms with E-state index in [0.29, 0.717) is 24.6 Å². The first-order chi connectivity index (χ1) is 13.1. The summed E-state index contributed by atoms with van der Waals surface area (Å²) in [5, 5.41) is 0.724. The normalized spacial score (nSPS) is 14.5. The van der Waals surface area contributed by atoms with Gasteiger partial charge in [0.1, 0.15) is 11.5 Å². The van der Waals surface area contributed by atoms with E-state index in [1.807, 2.05) is 41.3 Å². The highest BCUT2D eigenvalue weighted by Crippen LogP contribution is 2.26. The van der Waals surface area contributed by atoms with Crippen molar-refractivity contribution in [1.29, 1.82) is 0 Å². The number of ether oxygens (including phenoxy) is 2. The second-order valence-corrected chi connectivity index (χ2v) is 6.67. The van der Waals surface area contributed by atoms with Crippen LogP contribution in [0.2, 0.25) is 5.02 Å². The van der Waals surface area contributed by atoms with Gasteiger partial charge in [-0.1, -0.05) is 17.7 Å². The van der Waals surface area contributed by atoms with Gasteiger partial charge >= 0.3 is 0 Å². The molecule has 6 heteroatoms. The molecule has 0 aliphatic carbocycles. The van der Waals surface area contributed by atoms with Crippen molar-refractivity contribution in [3.05, 3.63) is 59.1 Å². The van der Waals surface area contributed by atoms with E-state index < -0.39 is 0 Å². The summed E-state index contributed by atoms with van der Waals surface area (Å²) >= 11 is 6.07. The third-order valence-corrected chi connectivity index (χ3v) is 4.85. The summed E-state index contributed by atoms with van der Waals surface area (Å²) in [6.07, 6.45) is 3.38. The Morgan fingerprint density at radius 2 is 1.81 bits per heavy atom. The van der Waals surface area contributed by atoms with E-state index in [1.54, 1.807) is 32.4 Å². The van der Waals surface area contributed by atoms with Crippen molar-refractivity contribution in [2.24, 2.45) is 0 Å². The molecule has 1 fully saturated rings. The zero-order valence-corrected chi connectivity index (χ0v) is 16.3. The summed E-state index contributed by atoms with van der Waals surface area (Å²) in [7, 11) is 3.21. The molecule has 0 bridgehead atoms. The van der Waals surface area contributed by atoms with Gasteiger partial charge in [0.05, 0.1) is 14.2 Å². The number of carbonyl (C=O) groups is 1. The van der Waals surface area contributed by atoms with Crippen molar-refractivity contribution < 1.29 is 14.3 Å². The number of amides is 1. The monoisotopic (exact) mass is 386 g/mol. The van der Waals surface area contributed by atoms with E-state index in [0.717, 1.165) is 29.4 Å². The smallest absolute Gasteiger partial charge is 0.246 e. The lowest BCUT2D eigenvalue weighted by Crippen LogP contribution is -2.48. The zero-order chi connectivity index (χ0) is 19.2. The molecule has 2 aromatic carbocycles. The molecule has 1 amide bonds. The fraction of sp³-hybridized carbons (Fsp3) is 0.286. The number of carbonyl (C=O) groups excluding carboxylic acids is 1. The van der Waals surface area contributed by atoms with Gasteiger partial charge in [0, 0.05) is 54.6 Å². The predicted octanol–water partition coefficient (Wildman–Crippen LogP) is 3.72. The van der Waals surface area contributed by atoms with Crippen LogP contribution >= 0.6 is 11.6 Å². The van der Waals surface area contributed by atoms with Crippen molar-refractivity contribution in [3.8, 4) is 11.5 Å². The lowest BCUT2D eigenvalue weighted by molar-refractivity contribution is -0.126. The van der Waals surface area contributed by atoms with Crippen LogP contribution in [-0.2, 0) is 4.79 Å². The van der Waals surface area contributed by atoms with Gasteiger partial charge in [-0.15, -0.1) is 0 Å². The maximum Gasteiger partial charge on any atom is 0.246 e. The molecule has 1 heterocycles. The molecule has 1 aliphatic heterocycles. The number of methoxy groups -OCH3 is 2. The minimum Gasteiger partial charge on any atom is -0.497 e. The zero-order valence-electron chi connectivity index (χ0n) is 15.5. The number of hydrogen-bond acceptors (Lipinski definition) is 4. The molecule has 1 saturated heterocycles. The molecule has 5 nitrogen and oxygen atoms in total. The Balaban J connectivity index is 1.60. The molecule has 2 aromatic rings. The van der Waals surface area contributed by atoms with E-state index in [9.17, 15) is 4.79 Å². The quantitative estimate of drug-likeness (QED) is 0.734. The third-order valence-electron chi connectivity index (χ3n) is 4.61. The molecule has 3 rings (SSSR count). The summed E-state index contributed by atoms with van der Waals surface area (Å²) in [6, 6.07) is 13.3. The van der Waals surface area contributed by atoms with Gasteiger partial charge in [-0.05, 0) is 36.4 Å². The van der Waals surface area contributed by atoms with Crippen molar-refractivity contribution >= 4 is 29.3 Å². The largest absolute Gasteiger partial charge is 0.497 e. The fourth-order valence-electron chi connectivity index (χ4n) is 3.08. The van der Waals surface area contributed by atoms with Gasteiger partial charge in [0.15, 0.2) is 0 Å². The number of piperazine rings is 1. The second-order valence-electron chi connectivity index (χ2n) is 6.23. The van der Waals surface area contributed by atoms with Crippen molar-refractivity contribution in [3.63, 3.8) is 0 Å². The first-order valence-electron chi connectivity index (χ1n) is 8.80. The minimum absolute atomic E-state index is 0.00128. The highest BCUT2D eigenvalue weighted by molar-refractivity contribution is 6.30. The van der Waals surface area contributed by atoms with Crippen LogP contribution in [0.3, 0.4) is 0 Å². The third kappa shape index (κ3) is 4.74. The van der Waals surface area contributed by atoms with Crippen LogP contribution in [0.4, 0.5) is 5.69 Å². The Bertz CT molecular complexity index is 830. The first-order valence-corrected chi connectivity index (χ1v) is 9.18. The van der Waals surface area contributed by atoms with Crippen LogP contribution in [0.5, 0.6) is 11.5 Å².